The number of halogens is 3. The predicted molar refractivity (Wildman–Crippen MR) is 74.7 cm³/mol. The van der Waals surface area contributed by atoms with Crippen LogP contribution >= 0.6 is 34.8 Å². The number of rotatable bonds is 3. The summed E-state index contributed by atoms with van der Waals surface area (Å²) in [5, 5.41) is 13.9. The molecule has 0 bridgehead atoms. The molecule has 0 saturated heterocycles. The van der Waals surface area contributed by atoms with Crippen molar-refractivity contribution in [2.24, 2.45) is 0 Å². The van der Waals surface area contributed by atoms with Crippen LogP contribution in [0.3, 0.4) is 0 Å². The van der Waals surface area contributed by atoms with Gasteiger partial charge in [0.2, 0.25) is 0 Å². The lowest BCUT2D eigenvalue weighted by atomic mass is 10.2. The second kappa shape index (κ2) is 5.65. The van der Waals surface area contributed by atoms with Crippen molar-refractivity contribution in [3.63, 3.8) is 0 Å². The van der Waals surface area contributed by atoms with Gasteiger partial charge in [-0.05, 0) is 24.3 Å². The van der Waals surface area contributed by atoms with E-state index in [0.29, 0.717) is 28.0 Å². The highest BCUT2D eigenvalue weighted by atomic mass is 35.5. The maximum absolute atomic E-state index is 9.79. The molecule has 3 nitrogen and oxygen atoms in total. The van der Waals surface area contributed by atoms with Gasteiger partial charge in [0.25, 0.3) is 0 Å². The van der Waals surface area contributed by atoms with Gasteiger partial charge in [-0.3, -0.25) is 0 Å². The highest BCUT2D eigenvalue weighted by molar-refractivity contribution is 6.35. The maximum Gasteiger partial charge on any atom is 0.152 e. The minimum absolute atomic E-state index is 0.00794. The van der Waals surface area contributed by atoms with Crippen molar-refractivity contribution in [3.8, 4) is 5.75 Å². The Kier molecular flexibility index (Phi) is 4.17. The molecule has 0 radical (unpaired) electrons. The number of phenolic OH excluding ortho intramolecular Hbond substituents is 1. The van der Waals surface area contributed by atoms with Crippen LogP contribution in [0.15, 0.2) is 30.5 Å². The summed E-state index contributed by atoms with van der Waals surface area (Å²) in [6, 6.07) is 6.68. The lowest BCUT2D eigenvalue weighted by molar-refractivity contribution is 0.469. The van der Waals surface area contributed by atoms with Crippen LogP contribution < -0.4 is 5.32 Å². The molecule has 2 N–H and O–H groups in total. The second-order valence-electron chi connectivity index (χ2n) is 3.59. The Morgan fingerprint density at radius 2 is 2.00 bits per heavy atom. The van der Waals surface area contributed by atoms with Crippen molar-refractivity contribution in [2.45, 2.75) is 6.54 Å². The standard InChI is InChI=1S/C12H9Cl3N2O/c13-8-4-7(11(18)9(14)5-8)6-17-10-2-1-3-16-12(10)15/h1-5,17-18H,6H2. The van der Waals surface area contributed by atoms with Crippen molar-refractivity contribution in [1.82, 2.24) is 4.98 Å². The molecule has 0 unspecified atom stereocenters. The van der Waals surface area contributed by atoms with Crippen molar-refractivity contribution in [1.29, 1.82) is 0 Å². The van der Waals surface area contributed by atoms with Crippen LogP contribution in [0.25, 0.3) is 0 Å². The highest BCUT2D eigenvalue weighted by Crippen LogP contribution is 2.31. The van der Waals surface area contributed by atoms with Crippen LogP contribution in [-0.2, 0) is 6.54 Å². The lowest BCUT2D eigenvalue weighted by Gasteiger charge is -2.10. The van der Waals surface area contributed by atoms with Gasteiger partial charge in [0, 0.05) is 23.3 Å². The fourth-order valence-corrected chi connectivity index (χ4v) is 2.18. The Hall–Kier alpha value is -1.16. The van der Waals surface area contributed by atoms with Crippen LogP contribution in [0.2, 0.25) is 15.2 Å². The Balaban J connectivity index is 2.18. The summed E-state index contributed by atoms with van der Waals surface area (Å²) in [5.41, 5.74) is 1.27. The summed E-state index contributed by atoms with van der Waals surface area (Å²) < 4.78 is 0. The van der Waals surface area contributed by atoms with Gasteiger partial charge >= 0.3 is 0 Å². The molecule has 0 atom stereocenters. The van der Waals surface area contributed by atoms with Gasteiger partial charge in [-0.2, -0.15) is 0 Å². The van der Waals surface area contributed by atoms with E-state index >= 15 is 0 Å². The van der Waals surface area contributed by atoms with E-state index in [1.807, 2.05) is 0 Å². The van der Waals surface area contributed by atoms with Crippen molar-refractivity contribution in [2.75, 3.05) is 5.32 Å². The molecule has 1 aromatic heterocycles. The first kappa shape index (κ1) is 13.3. The number of phenols is 1. The average molecular weight is 304 g/mol. The minimum Gasteiger partial charge on any atom is -0.506 e. The fraction of sp³-hybridized carbons (Fsp3) is 0.0833. The minimum atomic E-state index is 0.00794. The predicted octanol–water partition coefficient (Wildman–Crippen LogP) is 4.36. The fourth-order valence-electron chi connectivity index (χ4n) is 1.46. The molecule has 18 heavy (non-hydrogen) atoms. The first-order valence-electron chi connectivity index (χ1n) is 5.09. The summed E-state index contributed by atoms with van der Waals surface area (Å²) in [6.07, 6.45) is 1.60. The molecule has 0 saturated carbocycles. The van der Waals surface area contributed by atoms with E-state index < -0.39 is 0 Å². The van der Waals surface area contributed by atoms with Gasteiger partial charge in [0.05, 0.1) is 10.7 Å². The first-order valence-corrected chi connectivity index (χ1v) is 6.22. The molecule has 0 spiro atoms. The normalized spacial score (nSPS) is 10.4. The van der Waals surface area contributed by atoms with Crippen LogP contribution in [0.5, 0.6) is 5.75 Å². The van der Waals surface area contributed by atoms with Gasteiger partial charge in [-0.15, -0.1) is 0 Å². The molecule has 0 amide bonds. The Labute approximate surface area is 119 Å². The number of aromatic hydroxyl groups is 1. The van der Waals surface area contributed by atoms with Crippen LogP contribution in [0, 0.1) is 0 Å². The van der Waals surface area contributed by atoms with Crippen LogP contribution in [0.4, 0.5) is 5.69 Å². The second-order valence-corrected chi connectivity index (χ2v) is 4.79. The summed E-state index contributed by atoms with van der Waals surface area (Å²) in [4.78, 5) is 3.94. The first-order chi connectivity index (χ1) is 8.58. The smallest absolute Gasteiger partial charge is 0.152 e. The summed E-state index contributed by atoms with van der Waals surface area (Å²) in [6.45, 7) is 0.345. The molecule has 2 rings (SSSR count). The zero-order valence-corrected chi connectivity index (χ0v) is 11.4. The molecule has 1 heterocycles. The van der Waals surface area contributed by atoms with E-state index in [0.717, 1.165) is 0 Å². The zero-order valence-electron chi connectivity index (χ0n) is 9.12. The van der Waals surface area contributed by atoms with Crippen molar-refractivity contribution in [3.05, 3.63) is 51.2 Å². The van der Waals surface area contributed by atoms with E-state index in [9.17, 15) is 5.11 Å². The van der Waals surface area contributed by atoms with E-state index in [2.05, 4.69) is 10.3 Å². The van der Waals surface area contributed by atoms with Gasteiger partial charge in [0.15, 0.2) is 5.15 Å². The maximum atomic E-state index is 9.79. The van der Waals surface area contributed by atoms with Gasteiger partial charge < -0.3 is 10.4 Å². The Morgan fingerprint density at radius 1 is 1.22 bits per heavy atom. The summed E-state index contributed by atoms with van der Waals surface area (Å²) in [5.74, 6) is 0.00794. The molecule has 1 aromatic carbocycles. The van der Waals surface area contributed by atoms with E-state index in [1.54, 1.807) is 24.4 Å². The number of hydrogen-bond donors (Lipinski definition) is 2. The van der Waals surface area contributed by atoms with E-state index in [1.165, 1.54) is 6.07 Å². The number of pyridine rings is 1. The largest absolute Gasteiger partial charge is 0.506 e. The zero-order chi connectivity index (χ0) is 13.1. The number of aromatic nitrogens is 1. The van der Waals surface area contributed by atoms with Gasteiger partial charge in [-0.25, -0.2) is 4.98 Å². The Morgan fingerprint density at radius 3 is 2.72 bits per heavy atom. The molecule has 2 aromatic rings. The molecule has 94 valence electrons. The van der Waals surface area contributed by atoms with E-state index in [-0.39, 0.29) is 10.8 Å². The number of anilines is 1. The molecule has 0 aliphatic heterocycles. The monoisotopic (exact) mass is 302 g/mol. The van der Waals surface area contributed by atoms with E-state index in [4.69, 9.17) is 34.8 Å². The quantitative estimate of drug-likeness (QED) is 0.828. The molecule has 6 heteroatoms. The average Bonchev–Trinajstić information content (AvgIpc) is 2.33. The molecule has 0 aliphatic carbocycles. The Bertz CT molecular complexity index is 575. The SMILES string of the molecule is Oc1c(Cl)cc(Cl)cc1CNc1cccnc1Cl. The third-order valence-corrected chi connectivity index (χ3v) is 3.14. The molecule has 0 fully saturated rings. The van der Waals surface area contributed by atoms with Crippen molar-refractivity contribution < 1.29 is 5.11 Å². The number of nitrogens with one attached hydrogen (secondary N) is 1. The number of hydrogen-bond acceptors (Lipinski definition) is 3. The summed E-state index contributed by atoms with van der Waals surface area (Å²) >= 11 is 17.6. The van der Waals surface area contributed by atoms with Gasteiger partial charge in [-0.1, -0.05) is 34.8 Å². The topological polar surface area (TPSA) is 45.1 Å². The van der Waals surface area contributed by atoms with Gasteiger partial charge in [0.1, 0.15) is 5.75 Å². The molecule has 0 aliphatic rings. The lowest BCUT2D eigenvalue weighted by Crippen LogP contribution is -2.01. The third-order valence-electron chi connectivity index (χ3n) is 2.34. The van der Waals surface area contributed by atoms with Crippen molar-refractivity contribution >= 4 is 40.5 Å². The number of nitrogens with zero attached hydrogens (tertiary/aromatic N) is 1. The number of benzene rings is 1. The third kappa shape index (κ3) is 2.99. The van der Waals surface area contributed by atoms with Crippen LogP contribution in [-0.4, -0.2) is 10.1 Å². The molecular weight excluding hydrogens is 295 g/mol. The van der Waals surface area contributed by atoms with Crippen LogP contribution in [0.1, 0.15) is 5.56 Å². The highest BCUT2D eigenvalue weighted by Gasteiger charge is 2.08. The summed E-state index contributed by atoms with van der Waals surface area (Å²) in [7, 11) is 0. The molecular formula is C12H9Cl3N2O.